The van der Waals surface area contributed by atoms with Crippen molar-refractivity contribution in [3.05, 3.63) is 0 Å². The van der Waals surface area contributed by atoms with Crippen molar-refractivity contribution in [3.63, 3.8) is 0 Å². The number of aliphatic hydroxyl groups is 1. The predicted molar refractivity (Wildman–Crippen MR) is 97.4 cm³/mol. The van der Waals surface area contributed by atoms with E-state index in [9.17, 15) is 4.79 Å². The number of hydrogen-bond donors (Lipinski definition) is 2. The third kappa shape index (κ3) is 18.7. The maximum atomic E-state index is 11.2. The fourth-order valence-corrected chi connectivity index (χ4v) is 2.65. The van der Waals surface area contributed by atoms with Gasteiger partial charge in [-0.1, -0.05) is 90.4 Å². The van der Waals surface area contributed by atoms with Crippen LogP contribution in [0.15, 0.2) is 0 Å². The molecule has 0 radical (unpaired) electrons. The second-order valence-corrected chi connectivity index (χ2v) is 6.55. The summed E-state index contributed by atoms with van der Waals surface area (Å²) in [6, 6.07) is -0.887. The molecule has 0 aliphatic heterocycles. The van der Waals surface area contributed by atoms with Crippen molar-refractivity contribution in [1.82, 2.24) is 0 Å². The van der Waals surface area contributed by atoms with Gasteiger partial charge in [0.15, 0.2) is 0 Å². The summed E-state index contributed by atoms with van der Waals surface area (Å²) in [5.41, 5.74) is 5.35. The third-order valence-electron chi connectivity index (χ3n) is 4.24. The summed E-state index contributed by atoms with van der Waals surface area (Å²) >= 11 is 0. The van der Waals surface area contributed by atoms with Gasteiger partial charge < -0.3 is 17.0 Å². The molecule has 0 aromatic rings. The van der Waals surface area contributed by atoms with E-state index in [4.69, 9.17) is 15.6 Å². The van der Waals surface area contributed by atoms with E-state index in [0.717, 1.165) is 12.8 Å². The normalized spacial score (nSPS) is 11.8. The number of esters is 1. The first-order chi connectivity index (χ1) is 11.2. The number of nitrogens with two attached hydrogens (primary N) is 1. The van der Waals surface area contributed by atoms with Gasteiger partial charge in [-0.3, -0.25) is 4.79 Å². The van der Waals surface area contributed by atoms with Gasteiger partial charge in [0.05, 0.1) is 13.2 Å². The van der Waals surface area contributed by atoms with Gasteiger partial charge in [-0.25, -0.2) is 0 Å². The fourth-order valence-electron chi connectivity index (χ4n) is 2.65. The van der Waals surface area contributed by atoms with Crippen molar-refractivity contribution in [2.45, 2.75) is 103 Å². The maximum absolute atomic E-state index is 11.2. The Hall–Kier alpha value is 0.390. The summed E-state index contributed by atoms with van der Waals surface area (Å²) in [6.07, 6.45) is 18.3. The van der Waals surface area contributed by atoms with E-state index in [-0.39, 0.29) is 37.6 Å². The van der Waals surface area contributed by atoms with Crippen LogP contribution in [-0.2, 0) is 9.53 Å². The topological polar surface area (TPSA) is 72.5 Å². The molecule has 140 valence electrons. The minimum atomic E-state index is -0.887. The van der Waals surface area contributed by atoms with Gasteiger partial charge in [0.25, 0.3) is 0 Å². The first-order valence-corrected chi connectivity index (χ1v) is 9.75. The summed E-state index contributed by atoms with van der Waals surface area (Å²) in [7, 11) is 0. The van der Waals surface area contributed by atoms with Gasteiger partial charge in [0.2, 0.25) is 0 Å². The van der Waals surface area contributed by atoms with E-state index >= 15 is 0 Å². The molecule has 0 aromatic carbocycles. The molecule has 0 unspecified atom stereocenters. The average molecular weight is 354 g/mol. The number of rotatable bonds is 17. The van der Waals surface area contributed by atoms with E-state index in [0.29, 0.717) is 6.61 Å². The van der Waals surface area contributed by atoms with Crippen LogP contribution in [0, 0.1) is 0 Å². The Labute approximate surface area is 173 Å². The molecule has 0 rings (SSSR count). The molecule has 5 heteroatoms. The molecule has 4 nitrogen and oxygen atoms in total. The van der Waals surface area contributed by atoms with Crippen LogP contribution >= 0.6 is 0 Å². The van der Waals surface area contributed by atoms with Crippen molar-refractivity contribution in [3.8, 4) is 0 Å². The van der Waals surface area contributed by atoms with Crippen molar-refractivity contribution in [2.75, 3.05) is 13.2 Å². The third-order valence-corrected chi connectivity index (χ3v) is 4.24. The predicted octanol–water partition coefficient (Wildman–Crippen LogP) is 1.45. The van der Waals surface area contributed by atoms with Crippen LogP contribution in [0.25, 0.3) is 0 Å². The van der Waals surface area contributed by atoms with Crippen LogP contribution in [0.4, 0.5) is 0 Å². The van der Waals surface area contributed by atoms with E-state index < -0.39 is 12.0 Å². The zero-order valence-electron chi connectivity index (χ0n) is 17.2. The monoisotopic (exact) mass is 353 g/mol. The number of carbonyl (C=O) groups excluding carboxylic acids is 1. The Kier molecular flexibility index (Phi) is 23.8. The molecule has 0 amide bonds. The van der Waals surface area contributed by atoms with E-state index in [2.05, 4.69) is 6.92 Å². The second-order valence-electron chi connectivity index (χ2n) is 6.55. The molecule has 0 heterocycles. The Morgan fingerprint density at radius 3 is 1.62 bits per heavy atom. The molecule has 1 atom stereocenters. The molecule has 0 aromatic heterocycles. The van der Waals surface area contributed by atoms with Crippen molar-refractivity contribution < 1.29 is 45.6 Å². The molecule has 0 spiro atoms. The zero-order chi connectivity index (χ0) is 17.2. The summed E-state index contributed by atoms with van der Waals surface area (Å²) < 4.78 is 4.98. The zero-order valence-corrected chi connectivity index (χ0v) is 18.2. The first-order valence-electron chi connectivity index (χ1n) is 9.75. The first kappa shape index (κ1) is 26.6. The number of ether oxygens (including phenoxy) is 1. The fraction of sp³-hybridized carbons (Fsp3) is 0.947. The molecule has 0 fully saturated rings. The Balaban J connectivity index is -0.00000242. The van der Waals surface area contributed by atoms with Crippen molar-refractivity contribution >= 4 is 5.97 Å². The molecule has 0 aliphatic carbocycles. The van der Waals surface area contributed by atoms with E-state index in [1.54, 1.807) is 0 Å². The largest absolute Gasteiger partial charge is 1.00 e. The smallest absolute Gasteiger partial charge is 1.00 e. The van der Waals surface area contributed by atoms with Crippen LogP contribution in [0.1, 0.15) is 98.2 Å². The van der Waals surface area contributed by atoms with Crippen LogP contribution in [0.2, 0.25) is 0 Å². The standard InChI is InChI=1S/C19H39NO3.Na.H/c1-2-3-4-5-6-7-8-9-10-11-12-13-14-15-16-23-19(22)18(20)17-21;;/h18,21H,2-17,20H2,1H3;;/q;+1;-1/t18-;;/m0../s1. The molecule has 3 N–H and O–H groups in total. The maximum Gasteiger partial charge on any atom is 1.00 e. The molecule has 24 heavy (non-hydrogen) atoms. The molecule has 0 aliphatic rings. The summed E-state index contributed by atoms with van der Waals surface area (Å²) in [5.74, 6) is -0.498. The van der Waals surface area contributed by atoms with Crippen LogP contribution in [-0.4, -0.2) is 30.3 Å². The van der Waals surface area contributed by atoms with E-state index in [1.807, 2.05) is 0 Å². The minimum Gasteiger partial charge on any atom is -1.00 e. The summed E-state index contributed by atoms with van der Waals surface area (Å²) in [5, 5.41) is 8.70. The number of carbonyl (C=O) groups is 1. The van der Waals surface area contributed by atoms with Gasteiger partial charge in [-0.2, -0.15) is 0 Å². The van der Waals surface area contributed by atoms with Crippen LogP contribution in [0.5, 0.6) is 0 Å². The minimum absolute atomic E-state index is 0. The number of aliphatic hydroxyl groups excluding tert-OH is 1. The summed E-state index contributed by atoms with van der Waals surface area (Å²) in [6.45, 7) is 2.33. The molecular weight excluding hydrogens is 313 g/mol. The SMILES string of the molecule is CCCCCCCCCCCCCCCCOC(=O)[C@@H](N)CO.[H-].[Na+]. The number of unbranched alkanes of at least 4 members (excludes halogenated alkanes) is 13. The Bertz CT molecular complexity index is 271. The second kappa shape index (κ2) is 21.4. The van der Waals surface area contributed by atoms with E-state index in [1.165, 1.54) is 77.0 Å². The quantitative estimate of drug-likeness (QED) is 0.236. The van der Waals surface area contributed by atoms with Gasteiger partial charge in [-0.15, -0.1) is 0 Å². The average Bonchev–Trinajstić information content (AvgIpc) is 2.57. The Morgan fingerprint density at radius 1 is 0.875 bits per heavy atom. The van der Waals surface area contributed by atoms with Crippen molar-refractivity contribution in [1.29, 1.82) is 0 Å². The molecule has 0 saturated carbocycles. The molecule has 0 bridgehead atoms. The number of hydrogen-bond acceptors (Lipinski definition) is 4. The Morgan fingerprint density at radius 2 is 1.25 bits per heavy atom. The molecule has 0 saturated heterocycles. The molecular formula is C19H40NNaO3. The van der Waals surface area contributed by atoms with Crippen LogP contribution in [0.3, 0.4) is 0 Å². The van der Waals surface area contributed by atoms with Gasteiger partial charge >= 0.3 is 35.5 Å². The summed E-state index contributed by atoms with van der Waals surface area (Å²) in [4.78, 5) is 11.2. The van der Waals surface area contributed by atoms with Crippen LogP contribution < -0.4 is 35.3 Å². The van der Waals surface area contributed by atoms with Gasteiger partial charge in [0.1, 0.15) is 6.04 Å². The van der Waals surface area contributed by atoms with Crippen molar-refractivity contribution in [2.24, 2.45) is 5.73 Å². The van der Waals surface area contributed by atoms with Gasteiger partial charge in [-0.05, 0) is 6.42 Å². The van der Waals surface area contributed by atoms with Gasteiger partial charge in [0, 0.05) is 0 Å².